The van der Waals surface area contributed by atoms with Crippen molar-refractivity contribution in [1.29, 1.82) is 0 Å². The lowest BCUT2D eigenvalue weighted by molar-refractivity contribution is 0.102. The average Bonchev–Trinajstić information content (AvgIpc) is 2.62. The van der Waals surface area contributed by atoms with E-state index in [2.05, 4.69) is 25.5 Å². The summed E-state index contributed by atoms with van der Waals surface area (Å²) in [6.45, 7) is 0. The van der Waals surface area contributed by atoms with Gasteiger partial charge in [-0.25, -0.2) is 9.97 Å². The minimum Gasteiger partial charge on any atom is -0.307 e. The Bertz CT molecular complexity index is 801. The lowest BCUT2D eigenvalue weighted by Crippen LogP contribution is -2.12. The number of azo groups is 1. The molecule has 0 aliphatic carbocycles. The van der Waals surface area contributed by atoms with Crippen LogP contribution < -0.4 is 5.32 Å². The monoisotopic (exact) mass is 303 g/mol. The van der Waals surface area contributed by atoms with E-state index in [9.17, 15) is 4.79 Å². The predicted molar refractivity (Wildman–Crippen MR) is 87.0 cm³/mol. The molecular weight excluding hydrogens is 290 g/mol. The molecule has 23 heavy (non-hydrogen) atoms. The summed E-state index contributed by atoms with van der Waals surface area (Å²) in [6, 6.07) is 17.6. The number of nitrogens with one attached hydrogen (secondary N) is 1. The molecule has 6 heteroatoms. The van der Waals surface area contributed by atoms with Crippen molar-refractivity contribution in [2.24, 2.45) is 10.2 Å². The van der Waals surface area contributed by atoms with Gasteiger partial charge in [-0.15, -0.1) is 10.2 Å². The standard InChI is InChI=1S/C17H13N5O/c23-17(20-15-5-1-3-11-18-15)13-7-9-14(10-8-13)21-22-16-6-2-4-12-19-16/h1-12H,(H,18,20,23)/b22-21-. The number of nitrogens with zero attached hydrogens (tertiary/aromatic N) is 4. The van der Waals surface area contributed by atoms with E-state index < -0.39 is 0 Å². The van der Waals surface area contributed by atoms with Crippen LogP contribution in [0.25, 0.3) is 0 Å². The van der Waals surface area contributed by atoms with Gasteiger partial charge in [-0.3, -0.25) is 4.79 Å². The Morgan fingerprint density at radius 2 is 1.57 bits per heavy atom. The molecule has 0 unspecified atom stereocenters. The molecule has 0 radical (unpaired) electrons. The fourth-order valence-corrected chi connectivity index (χ4v) is 1.83. The summed E-state index contributed by atoms with van der Waals surface area (Å²) in [7, 11) is 0. The third-order valence-corrected chi connectivity index (χ3v) is 2.95. The van der Waals surface area contributed by atoms with Crippen LogP contribution in [0.3, 0.4) is 0 Å². The third-order valence-electron chi connectivity index (χ3n) is 2.95. The van der Waals surface area contributed by atoms with Crippen molar-refractivity contribution in [2.45, 2.75) is 0 Å². The summed E-state index contributed by atoms with van der Waals surface area (Å²) in [5.41, 5.74) is 1.16. The van der Waals surface area contributed by atoms with Crippen molar-refractivity contribution in [3.63, 3.8) is 0 Å². The summed E-state index contributed by atoms with van der Waals surface area (Å²) in [6.07, 6.45) is 3.27. The highest BCUT2D eigenvalue weighted by Gasteiger charge is 2.06. The predicted octanol–water partition coefficient (Wildman–Crippen LogP) is 4.14. The molecule has 1 amide bonds. The van der Waals surface area contributed by atoms with E-state index in [0.29, 0.717) is 22.9 Å². The SMILES string of the molecule is O=C(Nc1ccccn1)c1ccc(/N=N\c2ccccn2)cc1. The van der Waals surface area contributed by atoms with Crippen LogP contribution in [0, 0.1) is 0 Å². The molecule has 0 aliphatic heterocycles. The molecule has 112 valence electrons. The maximum Gasteiger partial charge on any atom is 0.256 e. The van der Waals surface area contributed by atoms with Crippen LogP contribution in [-0.4, -0.2) is 15.9 Å². The van der Waals surface area contributed by atoms with Crippen molar-refractivity contribution >= 4 is 23.2 Å². The van der Waals surface area contributed by atoms with Gasteiger partial charge in [0.2, 0.25) is 0 Å². The number of aromatic nitrogens is 2. The Morgan fingerprint density at radius 1 is 0.826 bits per heavy atom. The van der Waals surface area contributed by atoms with Gasteiger partial charge in [0.15, 0.2) is 5.82 Å². The van der Waals surface area contributed by atoms with Gasteiger partial charge in [0, 0.05) is 18.0 Å². The van der Waals surface area contributed by atoms with Gasteiger partial charge in [0.1, 0.15) is 5.82 Å². The smallest absolute Gasteiger partial charge is 0.256 e. The van der Waals surface area contributed by atoms with Gasteiger partial charge >= 0.3 is 0 Å². The second-order valence-electron chi connectivity index (χ2n) is 4.60. The van der Waals surface area contributed by atoms with Crippen LogP contribution in [0.4, 0.5) is 17.3 Å². The molecule has 1 aromatic carbocycles. The summed E-state index contributed by atoms with van der Waals surface area (Å²) in [5, 5.41) is 10.8. The number of hydrogen-bond donors (Lipinski definition) is 1. The zero-order valence-electron chi connectivity index (χ0n) is 12.1. The quantitative estimate of drug-likeness (QED) is 0.735. The summed E-state index contributed by atoms with van der Waals surface area (Å²) >= 11 is 0. The molecule has 0 saturated heterocycles. The first-order valence-corrected chi connectivity index (χ1v) is 6.96. The van der Waals surface area contributed by atoms with E-state index in [4.69, 9.17) is 0 Å². The van der Waals surface area contributed by atoms with E-state index in [-0.39, 0.29) is 5.91 Å². The Morgan fingerprint density at radius 3 is 2.22 bits per heavy atom. The highest BCUT2D eigenvalue weighted by Crippen LogP contribution is 2.17. The Kier molecular flexibility index (Phi) is 4.44. The number of amides is 1. The van der Waals surface area contributed by atoms with Crippen LogP contribution in [0.5, 0.6) is 0 Å². The highest BCUT2D eigenvalue weighted by molar-refractivity contribution is 6.03. The van der Waals surface area contributed by atoms with Crippen molar-refractivity contribution in [3.05, 3.63) is 78.6 Å². The minimum absolute atomic E-state index is 0.225. The van der Waals surface area contributed by atoms with Crippen LogP contribution in [0.1, 0.15) is 10.4 Å². The number of rotatable bonds is 4. The number of benzene rings is 1. The molecule has 1 N–H and O–H groups in total. The second-order valence-corrected chi connectivity index (χ2v) is 4.60. The molecule has 6 nitrogen and oxygen atoms in total. The average molecular weight is 303 g/mol. The van der Waals surface area contributed by atoms with Crippen LogP contribution in [-0.2, 0) is 0 Å². The summed E-state index contributed by atoms with van der Waals surface area (Å²) in [4.78, 5) is 20.2. The fraction of sp³-hybridized carbons (Fsp3) is 0. The maximum absolute atomic E-state index is 12.1. The molecule has 0 fully saturated rings. The van der Waals surface area contributed by atoms with E-state index in [1.165, 1.54) is 0 Å². The van der Waals surface area contributed by atoms with Gasteiger partial charge in [0.25, 0.3) is 5.91 Å². The van der Waals surface area contributed by atoms with Crippen molar-refractivity contribution in [3.8, 4) is 0 Å². The Hall–Kier alpha value is -3.41. The lowest BCUT2D eigenvalue weighted by atomic mass is 10.2. The highest BCUT2D eigenvalue weighted by atomic mass is 16.1. The van der Waals surface area contributed by atoms with E-state index in [1.807, 2.05) is 18.2 Å². The van der Waals surface area contributed by atoms with Crippen LogP contribution in [0.15, 0.2) is 83.3 Å². The Balaban J connectivity index is 1.67. The second kappa shape index (κ2) is 7.04. The van der Waals surface area contributed by atoms with Crippen molar-refractivity contribution in [2.75, 3.05) is 5.32 Å². The van der Waals surface area contributed by atoms with Crippen LogP contribution in [0.2, 0.25) is 0 Å². The number of carbonyl (C=O) groups is 1. The molecule has 0 saturated carbocycles. The zero-order chi connectivity index (χ0) is 15.9. The first-order chi connectivity index (χ1) is 11.3. The molecule has 0 atom stereocenters. The van der Waals surface area contributed by atoms with Gasteiger partial charge in [-0.2, -0.15) is 0 Å². The molecule has 3 aromatic rings. The topological polar surface area (TPSA) is 79.6 Å². The third kappa shape index (κ3) is 4.04. The first-order valence-electron chi connectivity index (χ1n) is 6.96. The molecule has 3 rings (SSSR count). The molecule has 2 heterocycles. The maximum atomic E-state index is 12.1. The fourth-order valence-electron chi connectivity index (χ4n) is 1.83. The largest absolute Gasteiger partial charge is 0.307 e. The van der Waals surface area contributed by atoms with Gasteiger partial charge in [-0.05, 0) is 48.5 Å². The first kappa shape index (κ1) is 14.5. The lowest BCUT2D eigenvalue weighted by Gasteiger charge is -2.03. The molecular formula is C17H13N5O. The van der Waals surface area contributed by atoms with Crippen molar-refractivity contribution in [1.82, 2.24) is 9.97 Å². The van der Waals surface area contributed by atoms with Crippen LogP contribution >= 0.6 is 0 Å². The molecule has 0 bridgehead atoms. The van der Waals surface area contributed by atoms with Gasteiger partial charge < -0.3 is 5.32 Å². The zero-order valence-corrected chi connectivity index (χ0v) is 12.1. The van der Waals surface area contributed by atoms with E-state index in [1.54, 1.807) is 54.9 Å². The summed E-state index contributed by atoms with van der Waals surface area (Å²) in [5.74, 6) is 0.817. The van der Waals surface area contributed by atoms with Crippen molar-refractivity contribution < 1.29 is 4.79 Å². The van der Waals surface area contributed by atoms with E-state index >= 15 is 0 Å². The minimum atomic E-state index is -0.225. The van der Waals surface area contributed by atoms with Gasteiger partial charge in [-0.1, -0.05) is 12.1 Å². The number of hydrogen-bond acceptors (Lipinski definition) is 5. The number of anilines is 1. The molecule has 2 aromatic heterocycles. The molecule has 0 aliphatic rings. The van der Waals surface area contributed by atoms with E-state index in [0.717, 1.165) is 0 Å². The normalized spacial score (nSPS) is 10.6. The Labute approximate surface area is 133 Å². The van der Waals surface area contributed by atoms with Gasteiger partial charge in [0.05, 0.1) is 5.69 Å². The molecule has 0 spiro atoms. The number of carbonyl (C=O) groups excluding carboxylic acids is 1. The number of pyridine rings is 2. The summed E-state index contributed by atoms with van der Waals surface area (Å²) < 4.78 is 0.